The van der Waals surface area contributed by atoms with Crippen LogP contribution in [-0.4, -0.2) is 24.4 Å². The van der Waals surface area contributed by atoms with E-state index in [-0.39, 0.29) is 0 Å². The molecule has 3 atom stereocenters. The zero-order valence-corrected chi connectivity index (χ0v) is 11.7. The standard InChI is InChI=1S/C14H20NO2P/c1-15-14-10-6-5-7-12(14)11-17-18(15,16)13-8-3-2-4-9-13/h2-4,8-9,12,14H,5-7,10-11H2,1H3/t12-,14+,18?/m1/s1. The molecule has 0 radical (unpaired) electrons. The molecule has 18 heavy (non-hydrogen) atoms. The van der Waals surface area contributed by atoms with Gasteiger partial charge in [-0.25, -0.2) is 4.67 Å². The van der Waals surface area contributed by atoms with Crippen molar-refractivity contribution in [1.29, 1.82) is 0 Å². The van der Waals surface area contributed by atoms with Gasteiger partial charge in [-0.1, -0.05) is 31.0 Å². The Hall–Kier alpha value is -0.630. The van der Waals surface area contributed by atoms with Gasteiger partial charge >= 0.3 is 7.52 Å². The van der Waals surface area contributed by atoms with Crippen LogP contribution in [0.4, 0.5) is 0 Å². The first-order valence-corrected chi connectivity index (χ1v) is 8.33. The molecular formula is C14H20NO2P. The SMILES string of the molecule is CN1[C@H]2CCCC[C@@H]2COP1(=O)c1ccccc1. The van der Waals surface area contributed by atoms with E-state index in [0.717, 1.165) is 11.7 Å². The van der Waals surface area contributed by atoms with Gasteiger partial charge in [-0.2, -0.15) is 0 Å². The van der Waals surface area contributed by atoms with E-state index in [9.17, 15) is 4.57 Å². The highest BCUT2D eigenvalue weighted by molar-refractivity contribution is 7.64. The summed E-state index contributed by atoms with van der Waals surface area (Å²) in [6, 6.07) is 10.1. The van der Waals surface area contributed by atoms with Gasteiger partial charge in [-0.05, 0) is 37.9 Å². The van der Waals surface area contributed by atoms with Crippen LogP contribution in [0.5, 0.6) is 0 Å². The number of rotatable bonds is 1. The Bertz CT molecular complexity index is 462. The van der Waals surface area contributed by atoms with Gasteiger partial charge in [-0.15, -0.1) is 0 Å². The molecule has 1 aromatic rings. The fraction of sp³-hybridized carbons (Fsp3) is 0.571. The summed E-state index contributed by atoms with van der Waals surface area (Å²) < 4.78 is 21.0. The van der Waals surface area contributed by atoms with E-state index in [1.807, 2.05) is 42.0 Å². The minimum Gasteiger partial charge on any atom is -0.314 e. The van der Waals surface area contributed by atoms with E-state index in [0.29, 0.717) is 18.6 Å². The fourth-order valence-electron chi connectivity index (χ4n) is 3.23. The summed E-state index contributed by atoms with van der Waals surface area (Å²) in [5, 5.41) is 0.830. The lowest BCUT2D eigenvalue weighted by Crippen LogP contribution is -2.46. The minimum atomic E-state index is -2.81. The molecule has 0 bridgehead atoms. The van der Waals surface area contributed by atoms with Gasteiger partial charge in [0.1, 0.15) is 0 Å². The molecule has 3 nitrogen and oxygen atoms in total. The van der Waals surface area contributed by atoms with Crippen LogP contribution in [0, 0.1) is 5.92 Å². The highest BCUT2D eigenvalue weighted by atomic mass is 31.2. The summed E-state index contributed by atoms with van der Waals surface area (Å²) in [5.74, 6) is 0.564. The van der Waals surface area contributed by atoms with Crippen molar-refractivity contribution in [2.45, 2.75) is 31.7 Å². The maximum Gasteiger partial charge on any atom is 0.302 e. The minimum absolute atomic E-state index is 0.429. The molecule has 1 aromatic carbocycles. The molecule has 0 amide bonds. The van der Waals surface area contributed by atoms with E-state index >= 15 is 0 Å². The largest absolute Gasteiger partial charge is 0.314 e. The van der Waals surface area contributed by atoms with Gasteiger partial charge < -0.3 is 4.52 Å². The topological polar surface area (TPSA) is 29.5 Å². The quantitative estimate of drug-likeness (QED) is 0.731. The lowest BCUT2D eigenvalue weighted by Gasteiger charge is -2.45. The molecule has 1 aliphatic heterocycles. The van der Waals surface area contributed by atoms with Gasteiger partial charge in [-0.3, -0.25) is 4.57 Å². The molecule has 4 heteroatoms. The summed E-state index contributed by atoms with van der Waals surface area (Å²) >= 11 is 0. The van der Waals surface area contributed by atoms with E-state index in [1.165, 1.54) is 19.3 Å². The second-order valence-electron chi connectivity index (χ2n) is 5.34. The van der Waals surface area contributed by atoms with Crippen molar-refractivity contribution < 1.29 is 9.09 Å². The molecule has 2 aliphatic rings. The maximum atomic E-state index is 13.1. The van der Waals surface area contributed by atoms with Crippen LogP contribution in [0.1, 0.15) is 25.7 Å². The first kappa shape index (κ1) is 12.4. The first-order chi connectivity index (χ1) is 8.72. The normalized spacial score (nSPS) is 37.2. The average molecular weight is 265 g/mol. The molecule has 1 aliphatic carbocycles. The van der Waals surface area contributed by atoms with Gasteiger partial charge in [0.15, 0.2) is 0 Å². The Balaban J connectivity index is 1.92. The van der Waals surface area contributed by atoms with Crippen LogP contribution in [-0.2, 0) is 9.09 Å². The second kappa shape index (κ2) is 4.80. The van der Waals surface area contributed by atoms with Crippen LogP contribution in [0.15, 0.2) is 30.3 Å². The lowest BCUT2D eigenvalue weighted by molar-refractivity contribution is 0.0836. The van der Waals surface area contributed by atoms with Crippen LogP contribution in [0.3, 0.4) is 0 Å². The van der Waals surface area contributed by atoms with Crippen molar-refractivity contribution in [2.75, 3.05) is 13.7 Å². The van der Waals surface area contributed by atoms with E-state index in [1.54, 1.807) is 0 Å². The molecule has 1 heterocycles. The summed E-state index contributed by atoms with van der Waals surface area (Å²) in [4.78, 5) is 0. The maximum absolute atomic E-state index is 13.1. The molecule has 1 saturated carbocycles. The van der Waals surface area contributed by atoms with Gasteiger partial charge in [0.2, 0.25) is 0 Å². The predicted molar refractivity (Wildman–Crippen MR) is 73.1 cm³/mol. The van der Waals surface area contributed by atoms with Crippen LogP contribution < -0.4 is 5.30 Å². The first-order valence-electron chi connectivity index (χ1n) is 6.75. The third-order valence-corrected chi connectivity index (χ3v) is 6.89. The van der Waals surface area contributed by atoms with E-state index in [4.69, 9.17) is 4.52 Å². The van der Waals surface area contributed by atoms with E-state index < -0.39 is 7.52 Å². The highest BCUT2D eigenvalue weighted by Gasteiger charge is 2.44. The van der Waals surface area contributed by atoms with Crippen LogP contribution >= 0.6 is 7.52 Å². The van der Waals surface area contributed by atoms with E-state index in [2.05, 4.69) is 0 Å². The monoisotopic (exact) mass is 265 g/mol. The molecule has 98 valence electrons. The number of hydrogen-bond donors (Lipinski definition) is 0. The zero-order valence-electron chi connectivity index (χ0n) is 10.8. The number of benzene rings is 1. The van der Waals surface area contributed by atoms with Crippen molar-refractivity contribution in [1.82, 2.24) is 4.67 Å². The molecule has 3 rings (SSSR count). The third kappa shape index (κ3) is 1.95. The Morgan fingerprint density at radius 1 is 1.22 bits per heavy atom. The Labute approximate surface area is 109 Å². The number of fused-ring (bicyclic) bond motifs is 1. The molecule has 0 N–H and O–H groups in total. The molecule has 0 aromatic heterocycles. The van der Waals surface area contributed by atoms with Gasteiger partial charge in [0.05, 0.1) is 11.9 Å². The molecular weight excluding hydrogens is 245 g/mol. The number of nitrogens with zero attached hydrogens (tertiary/aromatic N) is 1. The van der Waals surface area contributed by atoms with Crippen molar-refractivity contribution in [3.05, 3.63) is 30.3 Å². The third-order valence-electron chi connectivity index (χ3n) is 4.31. The van der Waals surface area contributed by atoms with Crippen molar-refractivity contribution >= 4 is 12.8 Å². The van der Waals surface area contributed by atoms with Crippen LogP contribution in [0.2, 0.25) is 0 Å². The van der Waals surface area contributed by atoms with Gasteiger partial charge in [0, 0.05) is 6.04 Å². The molecule has 1 unspecified atom stereocenters. The highest BCUT2D eigenvalue weighted by Crippen LogP contribution is 2.56. The average Bonchev–Trinajstić information content (AvgIpc) is 2.44. The summed E-state index contributed by atoms with van der Waals surface area (Å²) in [7, 11) is -0.845. The fourth-order valence-corrected chi connectivity index (χ4v) is 5.56. The molecule has 0 spiro atoms. The van der Waals surface area contributed by atoms with Crippen molar-refractivity contribution in [2.24, 2.45) is 5.92 Å². The second-order valence-corrected chi connectivity index (χ2v) is 7.78. The molecule has 1 saturated heterocycles. The summed E-state index contributed by atoms with van der Waals surface area (Å²) in [6.45, 7) is 0.654. The summed E-state index contributed by atoms with van der Waals surface area (Å²) in [6.07, 6.45) is 4.90. The molecule has 2 fully saturated rings. The van der Waals surface area contributed by atoms with Gasteiger partial charge in [0.25, 0.3) is 0 Å². The predicted octanol–water partition coefficient (Wildman–Crippen LogP) is 3.03. The zero-order chi connectivity index (χ0) is 12.6. The number of hydrogen-bond acceptors (Lipinski definition) is 2. The van der Waals surface area contributed by atoms with Crippen LogP contribution in [0.25, 0.3) is 0 Å². The van der Waals surface area contributed by atoms with Crippen molar-refractivity contribution in [3.8, 4) is 0 Å². The Morgan fingerprint density at radius 3 is 2.72 bits per heavy atom. The Morgan fingerprint density at radius 2 is 1.94 bits per heavy atom. The summed E-state index contributed by atoms with van der Waals surface area (Å²) in [5.41, 5.74) is 0. The lowest BCUT2D eigenvalue weighted by atomic mass is 9.85. The Kier molecular flexibility index (Phi) is 3.31. The smallest absolute Gasteiger partial charge is 0.302 e. The van der Waals surface area contributed by atoms with Crippen molar-refractivity contribution in [3.63, 3.8) is 0 Å².